The monoisotopic (exact) mass is 340 g/mol. The van der Waals surface area contributed by atoms with E-state index in [1.807, 2.05) is 12.1 Å². The predicted molar refractivity (Wildman–Crippen MR) is 80.7 cm³/mol. The van der Waals surface area contributed by atoms with E-state index < -0.39 is 0 Å². The van der Waals surface area contributed by atoms with E-state index in [1.54, 1.807) is 30.1 Å². The van der Waals surface area contributed by atoms with Crippen molar-refractivity contribution in [2.24, 2.45) is 5.73 Å². The van der Waals surface area contributed by atoms with Gasteiger partial charge >= 0.3 is 0 Å². The molecule has 1 aromatic carbocycles. The van der Waals surface area contributed by atoms with Crippen molar-refractivity contribution in [2.45, 2.75) is 17.4 Å². The second kappa shape index (κ2) is 7.03. The summed E-state index contributed by atoms with van der Waals surface area (Å²) < 4.78 is 13.7. The van der Waals surface area contributed by atoms with Crippen LogP contribution in [0, 0.1) is 5.82 Å². The summed E-state index contributed by atoms with van der Waals surface area (Å²) in [5.41, 5.74) is 7.06. The lowest BCUT2D eigenvalue weighted by molar-refractivity contribution is 0.626. The Bertz CT molecular complexity index is 516. The molecule has 1 aromatic heterocycles. The molecule has 1 atom stereocenters. The van der Waals surface area contributed by atoms with E-state index in [2.05, 4.69) is 20.9 Å². The predicted octanol–water partition coefficient (Wildman–Crippen LogP) is 3.65. The summed E-state index contributed by atoms with van der Waals surface area (Å²) in [6.07, 6.45) is 2.51. The van der Waals surface area contributed by atoms with Crippen LogP contribution in [0.3, 0.4) is 0 Å². The largest absolute Gasteiger partial charge is 0.327 e. The van der Waals surface area contributed by atoms with Gasteiger partial charge in [-0.2, -0.15) is 0 Å². The molecule has 0 spiro atoms. The molecule has 2 rings (SSSR count). The normalized spacial score (nSPS) is 12.4. The molecule has 1 unspecified atom stereocenters. The molecule has 0 bridgehead atoms. The second-order valence-electron chi connectivity index (χ2n) is 4.20. The van der Waals surface area contributed by atoms with Crippen LogP contribution < -0.4 is 5.73 Å². The Hall–Kier alpha value is -0.910. The minimum atomic E-state index is -0.215. The van der Waals surface area contributed by atoms with Crippen molar-refractivity contribution < 1.29 is 4.39 Å². The highest BCUT2D eigenvalue weighted by molar-refractivity contribution is 9.10. The van der Waals surface area contributed by atoms with Gasteiger partial charge in [0, 0.05) is 39.5 Å². The molecule has 1 heterocycles. The fraction of sp³-hybridized carbons (Fsp3) is 0.214. The van der Waals surface area contributed by atoms with Gasteiger partial charge in [-0.05, 0) is 52.3 Å². The summed E-state index contributed by atoms with van der Waals surface area (Å²) in [4.78, 5) is 5.33. The van der Waals surface area contributed by atoms with E-state index >= 15 is 0 Å². The summed E-state index contributed by atoms with van der Waals surface area (Å²) in [7, 11) is 0. The Kier molecular flexibility index (Phi) is 5.36. The van der Waals surface area contributed by atoms with Gasteiger partial charge in [0.2, 0.25) is 0 Å². The van der Waals surface area contributed by atoms with Crippen molar-refractivity contribution in [2.75, 3.05) is 5.75 Å². The van der Waals surface area contributed by atoms with Crippen LogP contribution in [-0.2, 0) is 6.42 Å². The van der Waals surface area contributed by atoms with E-state index in [1.165, 1.54) is 12.1 Å². The van der Waals surface area contributed by atoms with Crippen LogP contribution >= 0.6 is 27.7 Å². The average Bonchev–Trinajstić information content (AvgIpc) is 2.41. The van der Waals surface area contributed by atoms with E-state index in [4.69, 9.17) is 5.73 Å². The average molecular weight is 341 g/mol. The van der Waals surface area contributed by atoms with Crippen LogP contribution in [0.1, 0.15) is 5.69 Å². The van der Waals surface area contributed by atoms with Gasteiger partial charge in [-0.3, -0.25) is 4.98 Å². The molecule has 0 aliphatic carbocycles. The van der Waals surface area contributed by atoms with Gasteiger partial charge in [0.25, 0.3) is 0 Å². The minimum absolute atomic E-state index is 0.0312. The second-order valence-corrected chi connectivity index (χ2v) is 6.21. The van der Waals surface area contributed by atoms with E-state index in [-0.39, 0.29) is 11.9 Å². The highest BCUT2D eigenvalue weighted by Crippen LogP contribution is 2.19. The maximum absolute atomic E-state index is 12.8. The van der Waals surface area contributed by atoms with Crippen LogP contribution in [-0.4, -0.2) is 16.8 Å². The quantitative estimate of drug-likeness (QED) is 0.844. The maximum atomic E-state index is 12.8. The summed E-state index contributed by atoms with van der Waals surface area (Å²) >= 11 is 4.98. The molecule has 0 aliphatic heterocycles. The number of rotatable bonds is 5. The van der Waals surface area contributed by atoms with Gasteiger partial charge in [0.15, 0.2) is 0 Å². The van der Waals surface area contributed by atoms with Crippen LogP contribution in [0.4, 0.5) is 4.39 Å². The molecule has 0 radical (unpaired) electrons. The minimum Gasteiger partial charge on any atom is -0.327 e. The topological polar surface area (TPSA) is 38.9 Å². The standard InChI is InChI=1S/C14H14BrFN2S/c15-10-1-4-13(18-8-10)7-12(17)9-19-14-5-2-11(16)3-6-14/h1-6,8,12H,7,9,17H2. The Morgan fingerprint density at radius 2 is 1.95 bits per heavy atom. The molecule has 2 aromatic rings. The lowest BCUT2D eigenvalue weighted by Crippen LogP contribution is -2.25. The number of nitrogens with two attached hydrogens (primary N) is 1. The van der Waals surface area contributed by atoms with Crippen molar-refractivity contribution in [3.8, 4) is 0 Å². The van der Waals surface area contributed by atoms with Gasteiger partial charge in [-0.15, -0.1) is 11.8 Å². The Labute approximate surface area is 124 Å². The van der Waals surface area contributed by atoms with Gasteiger partial charge < -0.3 is 5.73 Å². The fourth-order valence-corrected chi connectivity index (χ4v) is 2.68. The summed E-state index contributed by atoms with van der Waals surface area (Å²) in [6.45, 7) is 0. The van der Waals surface area contributed by atoms with E-state index in [0.717, 1.165) is 27.2 Å². The number of thioether (sulfide) groups is 1. The van der Waals surface area contributed by atoms with Crippen LogP contribution in [0.25, 0.3) is 0 Å². The molecule has 0 fully saturated rings. The number of hydrogen-bond donors (Lipinski definition) is 1. The number of halogens is 2. The first-order chi connectivity index (χ1) is 9.13. The van der Waals surface area contributed by atoms with E-state index in [0.29, 0.717) is 0 Å². The van der Waals surface area contributed by atoms with Gasteiger partial charge in [-0.25, -0.2) is 4.39 Å². The van der Waals surface area contributed by atoms with Crippen LogP contribution in [0.5, 0.6) is 0 Å². The number of hydrogen-bond acceptors (Lipinski definition) is 3. The molecule has 2 nitrogen and oxygen atoms in total. The molecule has 0 aliphatic rings. The first kappa shape index (κ1) is 14.5. The molecular formula is C14H14BrFN2S. The number of benzene rings is 1. The molecule has 19 heavy (non-hydrogen) atoms. The maximum Gasteiger partial charge on any atom is 0.123 e. The van der Waals surface area contributed by atoms with Gasteiger partial charge in [-0.1, -0.05) is 0 Å². The number of pyridine rings is 1. The molecular weight excluding hydrogens is 327 g/mol. The van der Waals surface area contributed by atoms with Crippen LogP contribution in [0.15, 0.2) is 52.0 Å². The zero-order valence-corrected chi connectivity index (χ0v) is 12.6. The third-order valence-electron chi connectivity index (χ3n) is 2.54. The summed E-state index contributed by atoms with van der Waals surface area (Å²) in [5.74, 6) is 0.566. The number of aromatic nitrogens is 1. The molecule has 2 N–H and O–H groups in total. The van der Waals surface area contributed by atoms with Gasteiger partial charge in [0.05, 0.1) is 0 Å². The molecule has 100 valence electrons. The van der Waals surface area contributed by atoms with Crippen molar-refractivity contribution in [1.29, 1.82) is 0 Å². The first-order valence-corrected chi connectivity index (χ1v) is 7.66. The number of nitrogens with zero attached hydrogens (tertiary/aromatic N) is 1. The highest BCUT2D eigenvalue weighted by atomic mass is 79.9. The Balaban J connectivity index is 1.82. The third kappa shape index (κ3) is 4.93. The molecule has 0 amide bonds. The Morgan fingerprint density at radius 3 is 2.58 bits per heavy atom. The zero-order valence-electron chi connectivity index (χ0n) is 10.2. The fourth-order valence-electron chi connectivity index (χ4n) is 1.59. The zero-order chi connectivity index (χ0) is 13.7. The SMILES string of the molecule is NC(CSc1ccc(F)cc1)Cc1ccc(Br)cn1. The van der Waals surface area contributed by atoms with Crippen molar-refractivity contribution in [3.63, 3.8) is 0 Å². The lowest BCUT2D eigenvalue weighted by Gasteiger charge is -2.10. The molecule has 0 saturated carbocycles. The third-order valence-corrected chi connectivity index (χ3v) is 4.21. The van der Waals surface area contributed by atoms with Crippen molar-refractivity contribution in [3.05, 3.63) is 58.6 Å². The highest BCUT2D eigenvalue weighted by Gasteiger charge is 2.06. The lowest BCUT2D eigenvalue weighted by atomic mass is 10.2. The Morgan fingerprint density at radius 1 is 1.21 bits per heavy atom. The first-order valence-electron chi connectivity index (χ1n) is 5.88. The van der Waals surface area contributed by atoms with Crippen molar-refractivity contribution >= 4 is 27.7 Å². The van der Waals surface area contributed by atoms with E-state index in [9.17, 15) is 4.39 Å². The van der Waals surface area contributed by atoms with Crippen molar-refractivity contribution in [1.82, 2.24) is 4.98 Å². The molecule has 0 saturated heterocycles. The smallest absolute Gasteiger partial charge is 0.123 e. The molecule has 5 heteroatoms. The van der Waals surface area contributed by atoms with Gasteiger partial charge in [0.1, 0.15) is 5.82 Å². The summed E-state index contributed by atoms with van der Waals surface area (Å²) in [6, 6.07) is 10.4. The van der Waals surface area contributed by atoms with Crippen LogP contribution in [0.2, 0.25) is 0 Å². The summed E-state index contributed by atoms with van der Waals surface area (Å²) in [5, 5.41) is 0.